The minimum absolute atomic E-state index is 0.331. The van der Waals surface area contributed by atoms with Crippen LogP contribution in [0.25, 0.3) is 17.2 Å². The van der Waals surface area contributed by atoms with Crippen LogP contribution in [-0.2, 0) is 9.59 Å². The summed E-state index contributed by atoms with van der Waals surface area (Å²) in [4.78, 5) is 23.8. The Hall–Kier alpha value is -3.92. The Morgan fingerprint density at radius 1 is 0.867 bits per heavy atom. The Balaban J connectivity index is 1.61. The van der Waals surface area contributed by atoms with E-state index >= 15 is 0 Å². The zero-order valence-corrected chi connectivity index (χ0v) is 16.9. The van der Waals surface area contributed by atoms with Gasteiger partial charge in [-0.05, 0) is 66.4 Å². The third kappa shape index (κ3) is 5.55. The Morgan fingerprint density at radius 2 is 1.53 bits per heavy atom. The smallest absolute Gasteiger partial charge is 0.338 e. The van der Waals surface area contributed by atoms with E-state index < -0.39 is 11.9 Å². The molecule has 0 fully saturated rings. The van der Waals surface area contributed by atoms with Gasteiger partial charge in [-0.1, -0.05) is 55.1 Å². The molecule has 0 aliphatic carbocycles. The molecule has 0 saturated heterocycles. The largest absolute Gasteiger partial charge is 0.423 e. The van der Waals surface area contributed by atoms with E-state index in [0.717, 1.165) is 22.3 Å². The number of hydrogen-bond donors (Lipinski definition) is 0. The van der Waals surface area contributed by atoms with E-state index in [2.05, 4.69) is 6.58 Å². The van der Waals surface area contributed by atoms with Crippen molar-refractivity contribution in [2.24, 2.45) is 0 Å². The first-order chi connectivity index (χ1) is 14.4. The molecule has 3 aromatic rings. The molecule has 0 aliphatic heterocycles. The predicted octanol–water partition coefficient (Wildman–Crippen LogP) is 5.76. The average Bonchev–Trinajstić information content (AvgIpc) is 2.75. The Bertz CT molecular complexity index is 1090. The first-order valence-corrected chi connectivity index (χ1v) is 9.46. The first-order valence-electron chi connectivity index (χ1n) is 9.46. The van der Waals surface area contributed by atoms with Crippen LogP contribution in [0.2, 0.25) is 0 Å². The quantitative estimate of drug-likeness (QED) is 0.301. The Kier molecular flexibility index (Phi) is 6.60. The normalized spacial score (nSPS) is 10.6. The number of rotatable bonds is 6. The van der Waals surface area contributed by atoms with E-state index in [4.69, 9.17) is 9.47 Å². The molecule has 0 spiro atoms. The van der Waals surface area contributed by atoms with Gasteiger partial charge in [0.1, 0.15) is 11.5 Å². The summed E-state index contributed by atoms with van der Waals surface area (Å²) in [6.45, 7) is 6.98. The summed E-state index contributed by atoms with van der Waals surface area (Å²) >= 11 is 0. The van der Waals surface area contributed by atoms with E-state index in [-0.39, 0.29) is 0 Å². The molecule has 4 heteroatoms. The summed E-state index contributed by atoms with van der Waals surface area (Å²) in [5, 5.41) is 0. The molecule has 0 atom stereocenters. The third-order valence-electron chi connectivity index (χ3n) is 4.34. The summed E-state index contributed by atoms with van der Waals surface area (Å²) in [6.07, 6.45) is 3.01. The fraction of sp³-hybridized carbons (Fsp3) is 0.0769. The van der Waals surface area contributed by atoms with Crippen LogP contribution in [0.15, 0.2) is 91.0 Å². The average molecular weight is 398 g/mol. The fourth-order valence-corrected chi connectivity index (χ4v) is 2.74. The van der Waals surface area contributed by atoms with Crippen LogP contribution >= 0.6 is 0 Å². The van der Waals surface area contributed by atoms with Crippen molar-refractivity contribution in [2.45, 2.75) is 13.8 Å². The van der Waals surface area contributed by atoms with E-state index in [1.807, 2.05) is 55.5 Å². The van der Waals surface area contributed by atoms with Crippen molar-refractivity contribution in [2.75, 3.05) is 0 Å². The lowest BCUT2D eigenvalue weighted by molar-refractivity contribution is -0.130. The highest BCUT2D eigenvalue weighted by atomic mass is 16.5. The highest BCUT2D eigenvalue weighted by Gasteiger charge is 2.08. The number of aryl methyl sites for hydroxylation is 1. The van der Waals surface area contributed by atoms with Gasteiger partial charge in [0.25, 0.3) is 0 Å². The minimum atomic E-state index is -0.474. The molecule has 0 heterocycles. The van der Waals surface area contributed by atoms with Crippen molar-refractivity contribution in [1.82, 2.24) is 0 Å². The maximum Gasteiger partial charge on any atom is 0.338 e. The third-order valence-corrected chi connectivity index (χ3v) is 4.34. The maximum absolute atomic E-state index is 12.1. The zero-order chi connectivity index (χ0) is 21.5. The van der Waals surface area contributed by atoms with E-state index in [1.54, 1.807) is 37.3 Å². The van der Waals surface area contributed by atoms with Gasteiger partial charge in [-0.25, -0.2) is 9.59 Å². The van der Waals surface area contributed by atoms with Gasteiger partial charge in [0.2, 0.25) is 0 Å². The van der Waals surface area contributed by atoms with Gasteiger partial charge in [-0.15, -0.1) is 0 Å². The van der Waals surface area contributed by atoms with E-state index in [1.165, 1.54) is 6.08 Å². The molecule has 0 N–H and O–H groups in total. The zero-order valence-electron chi connectivity index (χ0n) is 16.9. The second-order valence-electron chi connectivity index (χ2n) is 6.84. The molecule has 0 saturated carbocycles. The predicted molar refractivity (Wildman–Crippen MR) is 118 cm³/mol. The molecule has 4 nitrogen and oxygen atoms in total. The van der Waals surface area contributed by atoms with Crippen molar-refractivity contribution in [3.63, 3.8) is 0 Å². The van der Waals surface area contributed by atoms with Crippen LogP contribution in [0, 0.1) is 6.92 Å². The summed E-state index contributed by atoms with van der Waals surface area (Å²) in [6, 6.07) is 22.6. The number of esters is 2. The standard InChI is InChI=1S/C26H22O4/c1-18(2)26(28)30-24-15-9-20(17-19(24)3)10-16-25(27)29-23-13-11-22(12-14-23)21-7-5-4-6-8-21/h4-17H,1H2,2-3H3/b16-10+. The number of hydrogen-bond acceptors (Lipinski definition) is 4. The second-order valence-corrected chi connectivity index (χ2v) is 6.84. The van der Waals surface area contributed by atoms with Gasteiger partial charge in [-0.2, -0.15) is 0 Å². The van der Waals surface area contributed by atoms with Gasteiger partial charge in [0.05, 0.1) is 0 Å². The lowest BCUT2D eigenvalue weighted by atomic mass is 10.1. The van der Waals surface area contributed by atoms with Crippen LogP contribution in [0.4, 0.5) is 0 Å². The van der Waals surface area contributed by atoms with Gasteiger partial charge < -0.3 is 9.47 Å². The maximum atomic E-state index is 12.1. The molecule has 0 aliphatic rings. The lowest BCUT2D eigenvalue weighted by Crippen LogP contribution is -2.09. The molecule has 0 amide bonds. The van der Waals surface area contributed by atoms with Crippen LogP contribution in [0.5, 0.6) is 11.5 Å². The Morgan fingerprint density at radius 3 is 2.17 bits per heavy atom. The van der Waals surface area contributed by atoms with Gasteiger partial charge in [0.15, 0.2) is 0 Å². The number of benzene rings is 3. The van der Waals surface area contributed by atoms with Crippen molar-refractivity contribution >= 4 is 18.0 Å². The molecule has 3 aromatic carbocycles. The molecule has 30 heavy (non-hydrogen) atoms. The fourth-order valence-electron chi connectivity index (χ4n) is 2.74. The van der Waals surface area contributed by atoms with Crippen LogP contribution in [0.1, 0.15) is 18.1 Å². The number of ether oxygens (including phenoxy) is 2. The topological polar surface area (TPSA) is 52.6 Å². The van der Waals surface area contributed by atoms with Crippen molar-refractivity contribution < 1.29 is 19.1 Å². The highest BCUT2D eigenvalue weighted by molar-refractivity contribution is 5.90. The SMILES string of the molecule is C=C(C)C(=O)Oc1ccc(/C=C/C(=O)Oc2ccc(-c3ccccc3)cc2)cc1C. The molecule has 150 valence electrons. The molecule has 0 radical (unpaired) electrons. The molecule has 0 aromatic heterocycles. The molecule has 3 rings (SSSR count). The summed E-state index contributed by atoms with van der Waals surface area (Å²) < 4.78 is 10.6. The van der Waals surface area contributed by atoms with Crippen molar-refractivity contribution in [1.29, 1.82) is 0 Å². The van der Waals surface area contributed by atoms with Crippen molar-refractivity contribution in [3.8, 4) is 22.6 Å². The highest BCUT2D eigenvalue weighted by Crippen LogP contribution is 2.23. The summed E-state index contributed by atoms with van der Waals surface area (Å²) in [7, 11) is 0. The summed E-state index contributed by atoms with van der Waals surface area (Å²) in [5.74, 6) is -0.00930. The van der Waals surface area contributed by atoms with Crippen LogP contribution in [0.3, 0.4) is 0 Å². The molecule has 0 bridgehead atoms. The minimum Gasteiger partial charge on any atom is -0.423 e. The Labute approximate surface area is 176 Å². The van der Waals surface area contributed by atoms with Crippen LogP contribution < -0.4 is 9.47 Å². The number of carbonyl (C=O) groups excluding carboxylic acids is 2. The first kappa shape index (κ1) is 20.8. The van der Waals surface area contributed by atoms with Gasteiger partial charge in [0, 0.05) is 11.6 Å². The van der Waals surface area contributed by atoms with Gasteiger partial charge in [-0.3, -0.25) is 0 Å². The van der Waals surface area contributed by atoms with Crippen LogP contribution in [-0.4, -0.2) is 11.9 Å². The molecule has 0 unspecified atom stereocenters. The van der Waals surface area contributed by atoms with Crippen molar-refractivity contribution in [3.05, 3.63) is 102 Å². The second kappa shape index (κ2) is 9.52. The van der Waals surface area contributed by atoms with E-state index in [9.17, 15) is 9.59 Å². The monoisotopic (exact) mass is 398 g/mol. The number of carbonyl (C=O) groups is 2. The molecular formula is C26H22O4. The van der Waals surface area contributed by atoms with E-state index in [0.29, 0.717) is 17.1 Å². The lowest BCUT2D eigenvalue weighted by Gasteiger charge is -2.08. The summed E-state index contributed by atoms with van der Waals surface area (Å²) in [5.41, 5.74) is 4.05. The van der Waals surface area contributed by atoms with Gasteiger partial charge >= 0.3 is 11.9 Å². The molecular weight excluding hydrogens is 376 g/mol.